The molecular weight excluding hydrogens is 232 g/mol. The molecule has 19 heavy (non-hydrogen) atoms. The highest BCUT2D eigenvalue weighted by molar-refractivity contribution is 5.32. The molecule has 0 saturated carbocycles. The van der Waals surface area contributed by atoms with E-state index in [1.807, 2.05) is 0 Å². The number of aliphatic hydroxyl groups is 1. The molecule has 0 aliphatic carbocycles. The highest BCUT2D eigenvalue weighted by Gasteiger charge is 2.26. The van der Waals surface area contributed by atoms with E-state index in [-0.39, 0.29) is 12.0 Å². The van der Waals surface area contributed by atoms with Crippen molar-refractivity contribution in [1.82, 2.24) is 0 Å². The summed E-state index contributed by atoms with van der Waals surface area (Å²) in [5.41, 5.74) is 4.76. The van der Waals surface area contributed by atoms with Crippen molar-refractivity contribution in [2.24, 2.45) is 0 Å². The van der Waals surface area contributed by atoms with E-state index in [2.05, 4.69) is 69.3 Å². The molecule has 100 valence electrons. The zero-order valence-electron chi connectivity index (χ0n) is 12.0. The highest BCUT2D eigenvalue weighted by Crippen LogP contribution is 2.28. The summed E-state index contributed by atoms with van der Waals surface area (Å²) in [6.45, 7) is 6.45. The van der Waals surface area contributed by atoms with E-state index in [4.69, 9.17) is 0 Å². The van der Waals surface area contributed by atoms with Gasteiger partial charge in [0.2, 0.25) is 0 Å². The third kappa shape index (κ3) is 3.24. The van der Waals surface area contributed by atoms with E-state index < -0.39 is 0 Å². The highest BCUT2D eigenvalue weighted by atomic mass is 16.3. The molecule has 0 aromatic heterocycles. The first-order chi connectivity index (χ1) is 9.03. The van der Waals surface area contributed by atoms with Gasteiger partial charge in [-0.3, -0.25) is 0 Å². The van der Waals surface area contributed by atoms with Gasteiger partial charge in [0, 0.05) is 5.41 Å². The second-order valence-corrected chi connectivity index (χ2v) is 5.75. The fourth-order valence-electron chi connectivity index (χ4n) is 2.36. The molecule has 1 heteroatoms. The van der Waals surface area contributed by atoms with Crippen molar-refractivity contribution in [3.8, 4) is 0 Å². The minimum Gasteiger partial charge on any atom is -0.395 e. The Hall–Kier alpha value is -1.60. The van der Waals surface area contributed by atoms with Gasteiger partial charge in [0.1, 0.15) is 0 Å². The van der Waals surface area contributed by atoms with Crippen LogP contribution in [0.5, 0.6) is 0 Å². The van der Waals surface area contributed by atoms with Gasteiger partial charge >= 0.3 is 0 Å². The number of aryl methyl sites for hydroxylation is 2. The van der Waals surface area contributed by atoms with Crippen molar-refractivity contribution in [3.63, 3.8) is 0 Å². The van der Waals surface area contributed by atoms with Crippen LogP contribution in [-0.2, 0) is 11.8 Å². The first-order valence-electron chi connectivity index (χ1n) is 6.77. The van der Waals surface area contributed by atoms with Crippen LogP contribution in [0, 0.1) is 13.8 Å². The summed E-state index contributed by atoms with van der Waals surface area (Å²) in [5.74, 6) is 0. The van der Waals surface area contributed by atoms with Crippen LogP contribution in [0.4, 0.5) is 0 Å². The second-order valence-electron chi connectivity index (χ2n) is 5.75. The van der Waals surface area contributed by atoms with Crippen LogP contribution < -0.4 is 0 Å². The Balaban J connectivity index is 2.27. The quantitative estimate of drug-likeness (QED) is 0.880. The average molecular weight is 254 g/mol. The van der Waals surface area contributed by atoms with Gasteiger partial charge < -0.3 is 5.11 Å². The molecule has 1 unspecified atom stereocenters. The summed E-state index contributed by atoms with van der Waals surface area (Å²) in [7, 11) is 0. The van der Waals surface area contributed by atoms with Gasteiger partial charge in [0.05, 0.1) is 6.61 Å². The van der Waals surface area contributed by atoms with Crippen molar-refractivity contribution in [3.05, 3.63) is 70.8 Å². The Morgan fingerprint density at radius 2 is 1.32 bits per heavy atom. The van der Waals surface area contributed by atoms with Gasteiger partial charge in [-0.25, -0.2) is 0 Å². The van der Waals surface area contributed by atoms with Gasteiger partial charge in [0.25, 0.3) is 0 Å². The summed E-state index contributed by atoms with van der Waals surface area (Å²) >= 11 is 0. The predicted octanol–water partition coefficient (Wildman–Crippen LogP) is 3.80. The number of aliphatic hydroxyl groups excluding tert-OH is 1. The molecule has 0 spiro atoms. The minimum atomic E-state index is -0.219. The molecule has 0 bridgehead atoms. The lowest BCUT2D eigenvalue weighted by Gasteiger charge is -2.28. The maximum absolute atomic E-state index is 9.82. The first-order valence-corrected chi connectivity index (χ1v) is 6.77. The monoisotopic (exact) mass is 254 g/mol. The van der Waals surface area contributed by atoms with Gasteiger partial charge in [-0.1, -0.05) is 66.6 Å². The van der Waals surface area contributed by atoms with Crippen LogP contribution in [0.1, 0.15) is 29.2 Å². The third-order valence-corrected chi connectivity index (χ3v) is 3.81. The molecule has 1 nitrogen and oxygen atoms in total. The summed E-state index contributed by atoms with van der Waals surface area (Å²) < 4.78 is 0. The molecule has 0 aliphatic heterocycles. The van der Waals surface area contributed by atoms with Crippen LogP contribution in [-0.4, -0.2) is 11.7 Å². The summed E-state index contributed by atoms with van der Waals surface area (Å²) in [6, 6.07) is 17.0. The lowest BCUT2D eigenvalue weighted by molar-refractivity contribution is 0.204. The van der Waals surface area contributed by atoms with Crippen LogP contribution in [0.3, 0.4) is 0 Å². The van der Waals surface area contributed by atoms with Crippen molar-refractivity contribution >= 4 is 0 Å². The predicted molar refractivity (Wildman–Crippen MR) is 80.5 cm³/mol. The standard InChI is InChI=1S/C18H22O/c1-14-4-8-16(9-5-14)12-18(3,13-19)17-10-6-15(2)7-11-17/h4-11,19H,12-13H2,1-3H3. The SMILES string of the molecule is Cc1ccc(CC(C)(CO)c2ccc(C)cc2)cc1. The average Bonchev–Trinajstić information content (AvgIpc) is 2.42. The Morgan fingerprint density at radius 1 is 0.842 bits per heavy atom. The number of rotatable bonds is 4. The van der Waals surface area contributed by atoms with Crippen molar-refractivity contribution in [2.75, 3.05) is 6.61 Å². The first kappa shape index (κ1) is 13.8. The maximum Gasteiger partial charge on any atom is 0.0528 e. The summed E-state index contributed by atoms with van der Waals surface area (Å²) in [6.07, 6.45) is 0.854. The molecule has 2 rings (SSSR count). The van der Waals surface area contributed by atoms with E-state index in [9.17, 15) is 5.11 Å². The van der Waals surface area contributed by atoms with Crippen LogP contribution >= 0.6 is 0 Å². The molecule has 0 radical (unpaired) electrons. The minimum absolute atomic E-state index is 0.157. The molecule has 2 aromatic rings. The van der Waals surface area contributed by atoms with E-state index in [1.54, 1.807) is 0 Å². The molecule has 0 saturated heterocycles. The Labute approximate surface area is 115 Å². The maximum atomic E-state index is 9.82. The Kier molecular flexibility index (Phi) is 4.06. The van der Waals surface area contributed by atoms with Crippen LogP contribution in [0.15, 0.2) is 48.5 Å². The zero-order chi connectivity index (χ0) is 13.9. The van der Waals surface area contributed by atoms with Crippen LogP contribution in [0.2, 0.25) is 0 Å². The largest absolute Gasteiger partial charge is 0.395 e. The fraction of sp³-hybridized carbons (Fsp3) is 0.333. The molecule has 0 heterocycles. The molecule has 1 N–H and O–H groups in total. The summed E-state index contributed by atoms with van der Waals surface area (Å²) in [4.78, 5) is 0. The topological polar surface area (TPSA) is 20.2 Å². The van der Waals surface area contributed by atoms with Crippen LogP contribution in [0.25, 0.3) is 0 Å². The fourth-order valence-corrected chi connectivity index (χ4v) is 2.36. The van der Waals surface area contributed by atoms with Gasteiger partial charge in [-0.05, 0) is 31.4 Å². The van der Waals surface area contributed by atoms with E-state index in [0.29, 0.717) is 0 Å². The van der Waals surface area contributed by atoms with Gasteiger partial charge in [-0.2, -0.15) is 0 Å². The Morgan fingerprint density at radius 3 is 1.79 bits per heavy atom. The Bertz CT molecular complexity index is 525. The normalized spacial score (nSPS) is 14.1. The number of hydrogen-bond acceptors (Lipinski definition) is 1. The van der Waals surface area contributed by atoms with Gasteiger partial charge in [0.15, 0.2) is 0 Å². The zero-order valence-corrected chi connectivity index (χ0v) is 12.0. The molecule has 1 atom stereocenters. The lowest BCUT2D eigenvalue weighted by Crippen LogP contribution is -2.29. The molecule has 0 aliphatic rings. The number of benzene rings is 2. The number of hydrogen-bond donors (Lipinski definition) is 1. The second kappa shape index (κ2) is 5.58. The van der Waals surface area contributed by atoms with E-state index in [1.165, 1.54) is 22.3 Å². The lowest BCUT2D eigenvalue weighted by atomic mass is 9.78. The third-order valence-electron chi connectivity index (χ3n) is 3.81. The van der Waals surface area contributed by atoms with E-state index >= 15 is 0 Å². The van der Waals surface area contributed by atoms with Gasteiger partial charge in [-0.15, -0.1) is 0 Å². The molecule has 0 fully saturated rings. The molecule has 2 aromatic carbocycles. The molecule has 0 amide bonds. The smallest absolute Gasteiger partial charge is 0.0528 e. The molecular formula is C18H22O. The van der Waals surface area contributed by atoms with Crippen molar-refractivity contribution in [1.29, 1.82) is 0 Å². The van der Waals surface area contributed by atoms with E-state index in [0.717, 1.165) is 6.42 Å². The summed E-state index contributed by atoms with van der Waals surface area (Å²) in [5, 5.41) is 9.82. The van der Waals surface area contributed by atoms with Crippen molar-refractivity contribution in [2.45, 2.75) is 32.6 Å². The van der Waals surface area contributed by atoms with Crippen molar-refractivity contribution < 1.29 is 5.11 Å².